The molecular weight excluding hydrogens is 438 g/mol. The van der Waals surface area contributed by atoms with Gasteiger partial charge in [-0.3, -0.25) is 4.79 Å². The first-order valence-corrected chi connectivity index (χ1v) is 13.6. The van der Waals surface area contributed by atoms with E-state index in [4.69, 9.17) is 9.47 Å². The van der Waals surface area contributed by atoms with Gasteiger partial charge in [-0.05, 0) is 43.9 Å². The Morgan fingerprint density at radius 2 is 2.18 bits per heavy atom. The minimum absolute atomic E-state index is 0.142. The lowest BCUT2D eigenvalue weighted by atomic mass is 9.77. The van der Waals surface area contributed by atoms with E-state index in [1.54, 1.807) is 6.20 Å². The van der Waals surface area contributed by atoms with Crippen molar-refractivity contribution < 1.29 is 19.4 Å². The fourth-order valence-corrected chi connectivity index (χ4v) is 5.63. The van der Waals surface area contributed by atoms with Gasteiger partial charge in [0.25, 0.3) is 0 Å². The van der Waals surface area contributed by atoms with E-state index >= 15 is 0 Å². The molecule has 7 nitrogen and oxygen atoms in total. The van der Waals surface area contributed by atoms with Crippen LogP contribution in [0.5, 0.6) is 0 Å². The highest BCUT2D eigenvalue weighted by atomic mass is 32.2. The predicted molar refractivity (Wildman–Crippen MR) is 131 cm³/mol. The topological polar surface area (TPSA) is 84.8 Å². The average Bonchev–Trinajstić information content (AvgIpc) is 3.19. The number of ether oxygens (including phenoxy) is 2. The molecule has 2 aliphatic heterocycles. The van der Waals surface area contributed by atoms with Crippen LogP contribution in [0.25, 0.3) is 0 Å². The molecule has 0 aliphatic carbocycles. The number of aliphatic hydroxyl groups excluding tert-OH is 1. The lowest BCUT2D eigenvalue weighted by molar-refractivity contribution is -0.144. The molecule has 0 amide bonds. The summed E-state index contributed by atoms with van der Waals surface area (Å²) in [5, 5.41) is 10.6. The largest absolute Gasteiger partial charge is 0.465 e. The van der Waals surface area contributed by atoms with E-state index in [9.17, 15) is 9.90 Å². The second-order valence-corrected chi connectivity index (χ2v) is 10.8. The SMILES string of the molecule is CCCCC(CC)COC(=O)CCSc1cnc(N2CCC3(CC2)CO[C@@H](C)C3)c(CO)n1. The standard InChI is InChI=1S/C25H41N3O4S/c1-4-6-7-20(5-2)17-31-23(30)8-13-33-22-15-26-24(21(16-29)27-22)28-11-9-25(10-12-28)14-19(3)32-18-25/h15,19-20,29H,4-14,16-18H2,1-3H3/t19-,20?/m0/s1. The normalized spacial score (nSPS) is 20.8. The van der Waals surface area contributed by atoms with Gasteiger partial charge in [0.2, 0.25) is 0 Å². The Bertz CT molecular complexity index is 755. The number of aliphatic hydroxyl groups is 1. The van der Waals surface area contributed by atoms with Crippen LogP contribution >= 0.6 is 11.8 Å². The molecule has 3 rings (SSSR count). The van der Waals surface area contributed by atoms with Crippen molar-refractivity contribution in [2.75, 3.05) is 37.0 Å². The van der Waals surface area contributed by atoms with Crippen LogP contribution in [0.4, 0.5) is 5.82 Å². The minimum Gasteiger partial charge on any atom is -0.465 e. The summed E-state index contributed by atoms with van der Waals surface area (Å²) in [6, 6.07) is 0. The molecule has 2 atom stereocenters. The highest BCUT2D eigenvalue weighted by Gasteiger charge is 2.41. The summed E-state index contributed by atoms with van der Waals surface area (Å²) < 4.78 is 11.3. The van der Waals surface area contributed by atoms with Gasteiger partial charge in [0.15, 0.2) is 5.82 Å². The monoisotopic (exact) mass is 479 g/mol. The number of carbonyl (C=O) groups excluding carboxylic acids is 1. The Labute approximate surface area is 203 Å². The first-order valence-electron chi connectivity index (χ1n) is 12.6. The molecule has 0 radical (unpaired) electrons. The quantitative estimate of drug-likeness (QED) is 0.344. The van der Waals surface area contributed by atoms with Crippen LogP contribution in [0, 0.1) is 11.3 Å². The lowest BCUT2D eigenvalue weighted by Crippen LogP contribution is -2.41. The number of rotatable bonds is 12. The second-order valence-electron chi connectivity index (χ2n) is 9.65. The number of thioether (sulfide) groups is 1. The van der Waals surface area contributed by atoms with E-state index in [0.29, 0.717) is 41.9 Å². The van der Waals surface area contributed by atoms with E-state index in [0.717, 1.165) is 62.6 Å². The Balaban J connectivity index is 1.44. The Morgan fingerprint density at radius 1 is 1.39 bits per heavy atom. The number of carbonyl (C=O) groups is 1. The number of esters is 1. The lowest BCUT2D eigenvalue weighted by Gasteiger charge is -2.39. The van der Waals surface area contributed by atoms with Crippen molar-refractivity contribution in [3.05, 3.63) is 11.9 Å². The van der Waals surface area contributed by atoms with Crippen molar-refractivity contribution in [3.63, 3.8) is 0 Å². The summed E-state index contributed by atoms with van der Waals surface area (Å²) in [5.41, 5.74) is 0.913. The molecule has 2 aliphatic rings. The third-order valence-electron chi connectivity index (χ3n) is 7.05. The van der Waals surface area contributed by atoms with Gasteiger partial charge < -0.3 is 19.5 Å². The van der Waals surface area contributed by atoms with E-state index in [1.807, 2.05) is 0 Å². The first kappa shape index (κ1) is 26.2. The number of nitrogens with zero attached hydrogens (tertiary/aromatic N) is 3. The molecule has 1 unspecified atom stereocenters. The molecule has 3 heterocycles. The number of unbranched alkanes of at least 4 members (excludes halogenated alkanes) is 1. The van der Waals surface area contributed by atoms with Crippen LogP contribution in [-0.2, 0) is 20.9 Å². The fourth-order valence-electron chi connectivity index (χ4n) is 4.85. The van der Waals surface area contributed by atoms with E-state index < -0.39 is 0 Å². The van der Waals surface area contributed by atoms with Gasteiger partial charge in [0.1, 0.15) is 10.7 Å². The smallest absolute Gasteiger partial charge is 0.306 e. The number of hydrogen-bond donors (Lipinski definition) is 1. The Hall–Kier alpha value is -1.38. The molecule has 1 spiro atoms. The summed E-state index contributed by atoms with van der Waals surface area (Å²) in [6.07, 6.45) is 10.3. The molecule has 0 aromatic carbocycles. The van der Waals surface area contributed by atoms with Crippen LogP contribution in [-0.4, -0.2) is 59.2 Å². The van der Waals surface area contributed by atoms with Gasteiger partial charge in [-0.2, -0.15) is 0 Å². The molecule has 0 bridgehead atoms. The number of aromatic nitrogens is 2. The second kappa shape index (κ2) is 12.9. The zero-order valence-electron chi connectivity index (χ0n) is 20.6. The molecule has 1 aromatic rings. The summed E-state index contributed by atoms with van der Waals surface area (Å²) in [6.45, 7) is 9.54. The molecule has 2 fully saturated rings. The van der Waals surface area contributed by atoms with Gasteiger partial charge in [-0.1, -0.05) is 33.1 Å². The maximum Gasteiger partial charge on any atom is 0.306 e. The average molecular weight is 480 g/mol. The van der Waals surface area contributed by atoms with Gasteiger partial charge in [-0.15, -0.1) is 11.8 Å². The van der Waals surface area contributed by atoms with Crippen molar-refractivity contribution in [1.29, 1.82) is 0 Å². The number of anilines is 1. The highest BCUT2D eigenvalue weighted by molar-refractivity contribution is 7.99. The number of piperidine rings is 1. The van der Waals surface area contributed by atoms with Crippen LogP contribution in [0.3, 0.4) is 0 Å². The zero-order valence-corrected chi connectivity index (χ0v) is 21.4. The van der Waals surface area contributed by atoms with Gasteiger partial charge in [-0.25, -0.2) is 9.97 Å². The molecular formula is C25H41N3O4S. The van der Waals surface area contributed by atoms with Gasteiger partial charge in [0, 0.05) is 18.8 Å². The van der Waals surface area contributed by atoms with Crippen molar-refractivity contribution in [3.8, 4) is 0 Å². The third-order valence-corrected chi connectivity index (χ3v) is 7.95. The maximum absolute atomic E-state index is 12.1. The summed E-state index contributed by atoms with van der Waals surface area (Å²) in [5.74, 6) is 1.67. The summed E-state index contributed by atoms with van der Waals surface area (Å²) in [7, 11) is 0. The predicted octanol–water partition coefficient (Wildman–Crippen LogP) is 4.61. The van der Waals surface area contributed by atoms with Crippen molar-refractivity contribution in [2.45, 2.75) is 89.9 Å². The molecule has 1 N–H and O–H groups in total. The molecule has 1 aromatic heterocycles. The molecule has 33 heavy (non-hydrogen) atoms. The van der Waals surface area contributed by atoms with Crippen molar-refractivity contribution in [1.82, 2.24) is 9.97 Å². The molecule has 8 heteroatoms. The molecule has 0 saturated carbocycles. The van der Waals surface area contributed by atoms with E-state index in [-0.39, 0.29) is 12.6 Å². The fraction of sp³-hybridized carbons (Fsp3) is 0.800. The van der Waals surface area contributed by atoms with Crippen molar-refractivity contribution in [2.24, 2.45) is 11.3 Å². The summed E-state index contributed by atoms with van der Waals surface area (Å²) >= 11 is 1.48. The van der Waals surface area contributed by atoms with Crippen LogP contribution < -0.4 is 4.90 Å². The highest BCUT2D eigenvalue weighted by Crippen LogP contribution is 2.42. The third kappa shape index (κ3) is 7.55. The summed E-state index contributed by atoms with van der Waals surface area (Å²) in [4.78, 5) is 23.6. The Morgan fingerprint density at radius 3 is 2.82 bits per heavy atom. The minimum atomic E-state index is -0.156. The van der Waals surface area contributed by atoms with Gasteiger partial charge in [0.05, 0.1) is 38.5 Å². The van der Waals surface area contributed by atoms with Crippen LogP contribution in [0.2, 0.25) is 0 Å². The molecule has 186 valence electrons. The van der Waals surface area contributed by atoms with E-state index in [2.05, 4.69) is 35.6 Å². The van der Waals surface area contributed by atoms with Crippen molar-refractivity contribution >= 4 is 23.5 Å². The number of hydrogen-bond acceptors (Lipinski definition) is 8. The zero-order chi connectivity index (χ0) is 23.7. The van der Waals surface area contributed by atoms with E-state index in [1.165, 1.54) is 24.6 Å². The first-order chi connectivity index (χ1) is 16.0. The van der Waals surface area contributed by atoms with Gasteiger partial charge >= 0.3 is 5.97 Å². The van der Waals surface area contributed by atoms with Crippen LogP contribution in [0.15, 0.2) is 11.2 Å². The van der Waals surface area contributed by atoms with Crippen LogP contribution in [0.1, 0.15) is 77.8 Å². The molecule has 2 saturated heterocycles. The Kier molecular flexibility index (Phi) is 10.3. The maximum atomic E-state index is 12.1.